The fourth-order valence-corrected chi connectivity index (χ4v) is 1.40. The molecule has 0 spiro atoms. The molecule has 0 radical (unpaired) electrons. The molecule has 0 aliphatic carbocycles. The van der Waals surface area contributed by atoms with Crippen molar-refractivity contribution in [3.8, 4) is 0 Å². The molecule has 6 heteroatoms. The molecular formula is C10H17N3O3. The number of carboxylic acid groups (broad SMARTS) is 1. The van der Waals surface area contributed by atoms with E-state index in [9.17, 15) is 4.79 Å². The number of hydrogen-bond acceptors (Lipinski definition) is 5. The number of carbonyl (C=O) groups is 1. The summed E-state index contributed by atoms with van der Waals surface area (Å²) in [6, 6.07) is 0. The summed E-state index contributed by atoms with van der Waals surface area (Å²) in [4.78, 5) is 12.9. The predicted molar refractivity (Wildman–Crippen MR) is 56.8 cm³/mol. The topological polar surface area (TPSA) is 79.5 Å². The van der Waals surface area contributed by atoms with Gasteiger partial charge < -0.3 is 9.52 Å². The molecular weight excluding hydrogens is 210 g/mol. The summed E-state index contributed by atoms with van der Waals surface area (Å²) in [5.41, 5.74) is -0.947. The SMILES string of the molecule is CCN(Cc1nnc(C)o1)C(C)(C)C(=O)O. The van der Waals surface area contributed by atoms with Crippen molar-refractivity contribution in [3.05, 3.63) is 11.8 Å². The first-order chi connectivity index (χ1) is 7.37. The molecule has 0 fully saturated rings. The maximum Gasteiger partial charge on any atom is 0.323 e. The van der Waals surface area contributed by atoms with Gasteiger partial charge in [0, 0.05) is 6.92 Å². The van der Waals surface area contributed by atoms with E-state index in [2.05, 4.69) is 10.2 Å². The second-order valence-electron chi connectivity index (χ2n) is 4.09. The molecule has 6 nitrogen and oxygen atoms in total. The summed E-state index contributed by atoms with van der Waals surface area (Å²) < 4.78 is 5.23. The van der Waals surface area contributed by atoms with Gasteiger partial charge in [-0.05, 0) is 20.4 Å². The van der Waals surface area contributed by atoms with Crippen molar-refractivity contribution < 1.29 is 14.3 Å². The lowest BCUT2D eigenvalue weighted by atomic mass is 10.0. The van der Waals surface area contributed by atoms with E-state index >= 15 is 0 Å². The number of likely N-dealkylation sites (N-methyl/N-ethyl adjacent to an activating group) is 1. The molecule has 0 aliphatic rings. The molecule has 1 aromatic rings. The molecule has 0 atom stereocenters. The third kappa shape index (κ3) is 2.57. The third-order valence-corrected chi connectivity index (χ3v) is 2.59. The van der Waals surface area contributed by atoms with Crippen LogP contribution in [-0.4, -0.2) is 38.3 Å². The van der Waals surface area contributed by atoms with Gasteiger partial charge in [-0.2, -0.15) is 0 Å². The molecule has 1 heterocycles. The molecule has 0 aromatic carbocycles. The van der Waals surface area contributed by atoms with E-state index in [0.717, 1.165) is 0 Å². The van der Waals surface area contributed by atoms with Crippen LogP contribution in [0, 0.1) is 6.92 Å². The molecule has 0 saturated carbocycles. The molecule has 1 N–H and O–H groups in total. The molecule has 16 heavy (non-hydrogen) atoms. The molecule has 0 amide bonds. The highest BCUT2D eigenvalue weighted by atomic mass is 16.4. The number of aromatic nitrogens is 2. The Kier molecular flexibility index (Phi) is 3.64. The number of aryl methyl sites for hydroxylation is 1. The zero-order chi connectivity index (χ0) is 12.3. The monoisotopic (exact) mass is 227 g/mol. The first-order valence-corrected chi connectivity index (χ1v) is 5.15. The van der Waals surface area contributed by atoms with Crippen molar-refractivity contribution in [1.29, 1.82) is 0 Å². The highest BCUT2D eigenvalue weighted by Crippen LogP contribution is 2.17. The fraction of sp³-hybridized carbons (Fsp3) is 0.700. The smallest absolute Gasteiger partial charge is 0.323 e. The summed E-state index contributed by atoms with van der Waals surface area (Å²) in [5.74, 6) is 0.0541. The average molecular weight is 227 g/mol. The zero-order valence-electron chi connectivity index (χ0n) is 10.0. The second kappa shape index (κ2) is 4.61. The summed E-state index contributed by atoms with van der Waals surface area (Å²) in [7, 11) is 0. The Bertz CT molecular complexity index is 373. The van der Waals surface area contributed by atoms with Crippen LogP contribution in [0.4, 0.5) is 0 Å². The van der Waals surface area contributed by atoms with Gasteiger partial charge in [0.2, 0.25) is 11.8 Å². The van der Waals surface area contributed by atoms with E-state index < -0.39 is 11.5 Å². The van der Waals surface area contributed by atoms with E-state index in [1.165, 1.54) is 0 Å². The number of aliphatic carboxylic acids is 1. The van der Waals surface area contributed by atoms with Crippen molar-refractivity contribution in [2.75, 3.05) is 6.54 Å². The van der Waals surface area contributed by atoms with Crippen molar-refractivity contribution in [2.45, 2.75) is 39.8 Å². The quantitative estimate of drug-likeness (QED) is 0.810. The predicted octanol–water partition coefficient (Wildman–Crippen LogP) is 1.06. The lowest BCUT2D eigenvalue weighted by molar-refractivity contribution is -0.149. The van der Waals surface area contributed by atoms with Crippen molar-refractivity contribution in [2.24, 2.45) is 0 Å². The van der Waals surface area contributed by atoms with Crippen LogP contribution >= 0.6 is 0 Å². The standard InChI is InChI=1S/C10H17N3O3/c1-5-13(10(3,4)9(14)15)6-8-12-11-7(2)16-8/h5-6H2,1-4H3,(H,14,15). The Hall–Kier alpha value is -1.43. The van der Waals surface area contributed by atoms with Crippen LogP contribution in [0.3, 0.4) is 0 Å². The maximum atomic E-state index is 11.1. The van der Waals surface area contributed by atoms with Crippen LogP contribution in [0.25, 0.3) is 0 Å². The first-order valence-electron chi connectivity index (χ1n) is 5.15. The summed E-state index contributed by atoms with van der Waals surface area (Å²) in [5, 5.41) is 16.7. The number of hydrogen-bond donors (Lipinski definition) is 1. The normalized spacial score (nSPS) is 12.1. The fourth-order valence-electron chi connectivity index (χ4n) is 1.40. The highest BCUT2D eigenvalue weighted by molar-refractivity contribution is 5.77. The summed E-state index contributed by atoms with van der Waals surface area (Å²) in [6.45, 7) is 7.85. The van der Waals surface area contributed by atoms with Gasteiger partial charge in [-0.3, -0.25) is 9.69 Å². The highest BCUT2D eigenvalue weighted by Gasteiger charge is 2.34. The molecule has 0 saturated heterocycles. The molecule has 1 rings (SSSR count). The van der Waals surface area contributed by atoms with E-state index in [4.69, 9.17) is 9.52 Å². The Morgan fingerprint density at radius 2 is 2.12 bits per heavy atom. The maximum absolute atomic E-state index is 11.1. The van der Waals surface area contributed by atoms with Crippen molar-refractivity contribution in [1.82, 2.24) is 15.1 Å². The lowest BCUT2D eigenvalue weighted by Crippen LogP contribution is -2.49. The van der Waals surface area contributed by atoms with Crippen LogP contribution in [-0.2, 0) is 11.3 Å². The van der Waals surface area contributed by atoms with Crippen LogP contribution in [0.1, 0.15) is 32.6 Å². The Morgan fingerprint density at radius 3 is 2.50 bits per heavy atom. The Balaban J connectivity index is 2.80. The van der Waals surface area contributed by atoms with Crippen LogP contribution < -0.4 is 0 Å². The average Bonchev–Trinajstić information content (AvgIpc) is 2.60. The van der Waals surface area contributed by atoms with Crippen molar-refractivity contribution >= 4 is 5.97 Å². The van der Waals surface area contributed by atoms with Gasteiger partial charge in [-0.1, -0.05) is 6.92 Å². The minimum atomic E-state index is -0.947. The van der Waals surface area contributed by atoms with Crippen molar-refractivity contribution in [3.63, 3.8) is 0 Å². The summed E-state index contributed by atoms with van der Waals surface area (Å²) >= 11 is 0. The van der Waals surface area contributed by atoms with Gasteiger partial charge in [0.1, 0.15) is 5.54 Å². The van der Waals surface area contributed by atoms with Gasteiger partial charge in [-0.25, -0.2) is 0 Å². The van der Waals surface area contributed by atoms with Crippen LogP contribution in [0.15, 0.2) is 4.42 Å². The van der Waals surface area contributed by atoms with E-state index in [0.29, 0.717) is 24.9 Å². The van der Waals surface area contributed by atoms with E-state index in [-0.39, 0.29) is 0 Å². The van der Waals surface area contributed by atoms with Crippen LogP contribution in [0.5, 0.6) is 0 Å². The van der Waals surface area contributed by atoms with Gasteiger partial charge in [0.15, 0.2) is 0 Å². The summed E-state index contributed by atoms with van der Waals surface area (Å²) in [6.07, 6.45) is 0. The molecule has 0 bridgehead atoms. The largest absolute Gasteiger partial charge is 0.480 e. The van der Waals surface area contributed by atoms with Gasteiger partial charge in [0.05, 0.1) is 6.54 Å². The molecule has 0 aliphatic heterocycles. The molecule has 1 aromatic heterocycles. The number of nitrogens with zero attached hydrogens (tertiary/aromatic N) is 3. The van der Waals surface area contributed by atoms with E-state index in [1.54, 1.807) is 25.7 Å². The third-order valence-electron chi connectivity index (χ3n) is 2.59. The minimum absolute atomic E-state index is 0.344. The number of rotatable bonds is 5. The van der Waals surface area contributed by atoms with Gasteiger partial charge in [-0.15, -0.1) is 10.2 Å². The van der Waals surface area contributed by atoms with Gasteiger partial charge >= 0.3 is 5.97 Å². The van der Waals surface area contributed by atoms with E-state index in [1.807, 2.05) is 6.92 Å². The zero-order valence-corrected chi connectivity index (χ0v) is 10.0. The first kappa shape index (κ1) is 12.6. The number of carboxylic acids is 1. The molecule has 0 unspecified atom stereocenters. The second-order valence-corrected chi connectivity index (χ2v) is 4.09. The molecule has 90 valence electrons. The minimum Gasteiger partial charge on any atom is -0.480 e. The van der Waals surface area contributed by atoms with Gasteiger partial charge in [0.25, 0.3) is 0 Å². The lowest BCUT2D eigenvalue weighted by Gasteiger charge is -2.32. The van der Waals surface area contributed by atoms with Crippen LogP contribution in [0.2, 0.25) is 0 Å². The Labute approximate surface area is 94.3 Å². The Morgan fingerprint density at radius 1 is 1.50 bits per heavy atom.